The molecule has 1 aliphatic carbocycles. The molecule has 88 valence electrons. The molecule has 0 aromatic heterocycles. The van der Waals surface area contributed by atoms with Gasteiger partial charge in [-0.15, -0.1) is 0 Å². The number of aryl methyl sites for hydroxylation is 1. The quantitative estimate of drug-likeness (QED) is 0.794. The summed E-state index contributed by atoms with van der Waals surface area (Å²) < 4.78 is 0. The monoisotopic (exact) mass is 218 g/mol. The lowest BCUT2D eigenvalue weighted by molar-refractivity contribution is 0.151. The van der Waals surface area contributed by atoms with Gasteiger partial charge in [0.25, 0.3) is 0 Å². The molecule has 16 heavy (non-hydrogen) atoms. The van der Waals surface area contributed by atoms with Gasteiger partial charge in [-0.05, 0) is 38.4 Å². The first-order valence-electron chi connectivity index (χ1n) is 6.20. The molecular weight excluding hydrogens is 196 g/mol. The molecule has 1 aromatic rings. The van der Waals surface area contributed by atoms with Crippen molar-refractivity contribution in [1.29, 1.82) is 0 Å². The van der Waals surface area contributed by atoms with Gasteiger partial charge in [0.1, 0.15) is 0 Å². The topological polar surface area (TPSA) is 24.1 Å². The third-order valence-corrected chi connectivity index (χ3v) is 3.76. The lowest BCUT2D eigenvalue weighted by Crippen LogP contribution is -2.44. The van der Waals surface area contributed by atoms with Gasteiger partial charge < -0.3 is 10.6 Å². The molecule has 0 atom stereocenters. The molecule has 0 radical (unpaired) electrons. The summed E-state index contributed by atoms with van der Waals surface area (Å²) in [6.07, 6.45) is 4.09. The van der Waals surface area contributed by atoms with Crippen molar-refractivity contribution in [3.63, 3.8) is 0 Å². The van der Waals surface area contributed by atoms with E-state index in [1.54, 1.807) is 0 Å². The molecule has 0 saturated heterocycles. The number of anilines is 1. The van der Waals surface area contributed by atoms with Crippen LogP contribution >= 0.6 is 0 Å². The summed E-state index contributed by atoms with van der Waals surface area (Å²) in [5.41, 5.74) is 3.11. The van der Waals surface area contributed by atoms with Gasteiger partial charge in [0.05, 0.1) is 0 Å². The van der Waals surface area contributed by atoms with Gasteiger partial charge in [-0.2, -0.15) is 0 Å². The van der Waals surface area contributed by atoms with Crippen molar-refractivity contribution in [3.05, 3.63) is 29.8 Å². The van der Waals surface area contributed by atoms with Crippen molar-refractivity contribution in [2.24, 2.45) is 5.41 Å². The van der Waals surface area contributed by atoms with Crippen LogP contribution in [0.1, 0.15) is 24.8 Å². The van der Waals surface area contributed by atoms with Crippen molar-refractivity contribution < 1.29 is 0 Å². The predicted molar refractivity (Wildman–Crippen MR) is 69.9 cm³/mol. The lowest BCUT2D eigenvalue weighted by atomic mass is 9.68. The zero-order chi connectivity index (χ0) is 11.4. The molecule has 0 amide bonds. The van der Waals surface area contributed by atoms with E-state index in [1.165, 1.54) is 30.5 Å². The highest BCUT2D eigenvalue weighted by atomic mass is 14.9. The average molecular weight is 218 g/mol. The molecule has 1 aromatic carbocycles. The summed E-state index contributed by atoms with van der Waals surface area (Å²) in [5, 5.41) is 6.92. The highest BCUT2D eigenvalue weighted by molar-refractivity contribution is 5.50. The van der Waals surface area contributed by atoms with Crippen LogP contribution in [0, 0.1) is 12.3 Å². The Balaban J connectivity index is 1.93. The molecule has 0 spiro atoms. The fourth-order valence-electron chi connectivity index (χ4n) is 2.52. The summed E-state index contributed by atoms with van der Waals surface area (Å²) in [4.78, 5) is 0. The summed E-state index contributed by atoms with van der Waals surface area (Å²) in [5.74, 6) is 0. The number of hydrogen-bond donors (Lipinski definition) is 2. The zero-order valence-electron chi connectivity index (χ0n) is 10.3. The second-order valence-corrected chi connectivity index (χ2v) is 5.05. The van der Waals surface area contributed by atoms with Crippen LogP contribution in [0.3, 0.4) is 0 Å². The summed E-state index contributed by atoms with van der Waals surface area (Å²) in [7, 11) is 2.05. The highest BCUT2D eigenvalue weighted by Gasteiger charge is 2.35. The Morgan fingerprint density at radius 3 is 2.50 bits per heavy atom. The predicted octanol–water partition coefficient (Wildman–Crippen LogP) is 2.80. The van der Waals surface area contributed by atoms with E-state index in [-0.39, 0.29) is 0 Å². The third-order valence-electron chi connectivity index (χ3n) is 3.76. The normalized spacial score (nSPS) is 17.9. The Bertz CT molecular complexity index is 342. The molecule has 0 heterocycles. The van der Waals surface area contributed by atoms with Gasteiger partial charge >= 0.3 is 0 Å². The summed E-state index contributed by atoms with van der Waals surface area (Å²) in [6.45, 7) is 4.39. The Morgan fingerprint density at radius 1 is 1.19 bits per heavy atom. The number of para-hydroxylation sites is 1. The lowest BCUT2D eigenvalue weighted by Gasteiger charge is -2.42. The maximum absolute atomic E-state index is 3.60. The molecule has 0 aliphatic heterocycles. The molecular formula is C14H22N2. The van der Waals surface area contributed by atoms with Gasteiger partial charge in [-0.1, -0.05) is 24.6 Å². The minimum atomic E-state index is 0.497. The number of rotatable bonds is 5. The Labute approximate surface area is 98.4 Å². The first kappa shape index (κ1) is 11.5. The fourth-order valence-corrected chi connectivity index (χ4v) is 2.52. The van der Waals surface area contributed by atoms with Crippen LogP contribution in [0.25, 0.3) is 0 Å². The van der Waals surface area contributed by atoms with E-state index in [2.05, 4.69) is 41.8 Å². The van der Waals surface area contributed by atoms with E-state index < -0.39 is 0 Å². The molecule has 2 heteroatoms. The van der Waals surface area contributed by atoms with E-state index in [0.29, 0.717) is 5.41 Å². The second-order valence-electron chi connectivity index (χ2n) is 5.05. The molecule has 2 rings (SSSR count). The minimum Gasteiger partial charge on any atom is -0.384 e. The van der Waals surface area contributed by atoms with Gasteiger partial charge in [0.15, 0.2) is 0 Å². The van der Waals surface area contributed by atoms with E-state index in [4.69, 9.17) is 0 Å². The smallest absolute Gasteiger partial charge is 0.0370 e. The van der Waals surface area contributed by atoms with Gasteiger partial charge in [-0.3, -0.25) is 0 Å². The van der Waals surface area contributed by atoms with Crippen molar-refractivity contribution in [3.8, 4) is 0 Å². The second kappa shape index (κ2) is 4.88. The van der Waals surface area contributed by atoms with Crippen LogP contribution in [-0.2, 0) is 0 Å². The zero-order valence-corrected chi connectivity index (χ0v) is 10.3. The van der Waals surface area contributed by atoms with E-state index in [9.17, 15) is 0 Å². The van der Waals surface area contributed by atoms with Gasteiger partial charge in [0, 0.05) is 24.2 Å². The first-order valence-corrected chi connectivity index (χ1v) is 6.20. The van der Waals surface area contributed by atoms with Crippen molar-refractivity contribution in [1.82, 2.24) is 5.32 Å². The summed E-state index contributed by atoms with van der Waals surface area (Å²) >= 11 is 0. The van der Waals surface area contributed by atoms with E-state index in [1.807, 2.05) is 7.05 Å². The van der Waals surface area contributed by atoms with Gasteiger partial charge in [-0.25, -0.2) is 0 Å². The van der Waals surface area contributed by atoms with Crippen LogP contribution in [0.15, 0.2) is 24.3 Å². The maximum atomic E-state index is 3.60. The molecule has 1 fully saturated rings. The van der Waals surface area contributed by atoms with Crippen molar-refractivity contribution >= 4 is 5.69 Å². The van der Waals surface area contributed by atoms with Crippen LogP contribution in [0.4, 0.5) is 5.69 Å². The number of hydrogen-bond acceptors (Lipinski definition) is 2. The van der Waals surface area contributed by atoms with Crippen LogP contribution < -0.4 is 10.6 Å². The standard InChI is InChI=1S/C14H22N2/c1-12-6-3-4-7-13(12)16-11-14(10-15-2)8-5-9-14/h3-4,6-7,15-16H,5,8-11H2,1-2H3. The molecule has 1 aliphatic rings. The van der Waals surface area contributed by atoms with Crippen molar-refractivity contribution in [2.45, 2.75) is 26.2 Å². The molecule has 2 nitrogen and oxygen atoms in total. The number of nitrogens with one attached hydrogen (secondary N) is 2. The Kier molecular flexibility index (Phi) is 3.49. The fraction of sp³-hybridized carbons (Fsp3) is 0.571. The SMILES string of the molecule is CNCC1(CNc2ccccc2C)CCC1. The third kappa shape index (κ3) is 2.38. The molecule has 2 N–H and O–H groups in total. The van der Waals surface area contributed by atoms with Gasteiger partial charge in [0.2, 0.25) is 0 Å². The summed E-state index contributed by atoms with van der Waals surface area (Å²) in [6, 6.07) is 8.52. The van der Waals surface area contributed by atoms with Crippen LogP contribution in [0.2, 0.25) is 0 Å². The maximum Gasteiger partial charge on any atom is 0.0370 e. The Morgan fingerprint density at radius 2 is 1.94 bits per heavy atom. The minimum absolute atomic E-state index is 0.497. The molecule has 0 bridgehead atoms. The Hall–Kier alpha value is -1.02. The van der Waals surface area contributed by atoms with Crippen LogP contribution in [0.5, 0.6) is 0 Å². The van der Waals surface area contributed by atoms with E-state index >= 15 is 0 Å². The number of benzene rings is 1. The van der Waals surface area contributed by atoms with Crippen molar-refractivity contribution in [2.75, 3.05) is 25.5 Å². The first-order chi connectivity index (χ1) is 7.76. The highest BCUT2D eigenvalue weighted by Crippen LogP contribution is 2.40. The molecule has 1 saturated carbocycles. The average Bonchev–Trinajstić information content (AvgIpc) is 2.24. The van der Waals surface area contributed by atoms with Crippen LogP contribution in [-0.4, -0.2) is 20.1 Å². The van der Waals surface area contributed by atoms with E-state index in [0.717, 1.165) is 13.1 Å². The molecule has 0 unspecified atom stereocenters. The largest absolute Gasteiger partial charge is 0.384 e.